The van der Waals surface area contributed by atoms with E-state index in [4.69, 9.17) is 21.1 Å². The normalized spacial score (nSPS) is 12.8. The van der Waals surface area contributed by atoms with Crippen molar-refractivity contribution in [3.05, 3.63) is 23.0 Å². The Morgan fingerprint density at radius 2 is 1.84 bits per heavy atom. The lowest BCUT2D eigenvalue weighted by molar-refractivity contribution is -0.124. The third-order valence-corrected chi connectivity index (χ3v) is 9.60. The first-order valence-corrected chi connectivity index (χ1v) is 13.1. The van der Waals surface area contributed by atoms with E-state index in [0.717, 1.165) is 0 Å². The van der Waals surface area contributed by atoms with Gasteiger partial charge in [0.2, 0.25) is 0 Å². The fourth-order valence-electron chi connectivity index (χ4n) is 2.15. The van der Waals surface area contributed by atoms with Crippen LogP contribution in [0.4, 0.5) is 10.5 Å². The molecule has 1 aromatic heterocycles. The minimum atomic E-state index is -2.22. The van der Waals surface area contributed by atoms with Gasteiger partial charge in [0.05, 0.1) is 17.9 Å². The standard InChI is InChI=1S/C19H32ClN5O5Si/c1-11(2)22-13-8-15(20)21-9-12(13)16(26)24-25-17(27)14(23-18(28)29)10-30-31(6,7)19(3,4)5/h8-9,11,14,23H,10H2,1-7H3,(H,21,22)(H,24,26)(H,25,27)(H,28,29). The summed E-state index contributed by atoms with van der Waals surface area (Å²) in [5.74, 6) is -1.39. The van der Waals surface area contributed by atoms with Crippen LogP contribution in [0.5, 0.6) is 0 Å². The molecule has 174 valence electrons. The molecule has 0 saturated carbocycles. The zero-order chi connectivity index (χ0) is 24.0. The van der Waals surface area contributed by atoms with Gasteiger partial charge in [-0.3, -0.25) is 20.4 Å². The molecule has 0 bridgehead atoms. The molecule has 0 fully saturated rings. The number of nitrogens with one attached hydrogen (secondary N) is 4. The number of aromatic nitrogens is 1. The molecule has 0 radical (unpaired) electrons. The molecule has 0 aliphatic rings. The van der Waals surface area contributed by atoms with Crippen molar-refractivity contribution in [3.63, 3.8) is 0 Å². The molecule has 1 heterocycles. The number of hydrazine groups is 1. The van der Waals surface area contributed by atoms with Gasteiger partial charge < -0.3 is 20.2 Å². The minimum Gasteiger partial charge on any atom is -0.465 e. The van der Waals surface area contributed by atoms with E-state index in [0.29, 0.717) is 5.69 Å². The van der Waals surface area contributed by atoms with E-state index in [-0.39, 0.29) is 28.4 Å². The lowest BCUT2D eigenvalue weighted by atomic mass is 10.2. The SMILES string of the molecule is CC(C)Nc1cc(Cl)ncc1C(=O)NNC(=O)C(CO[Si](C)(C)C(C)(C)C)NC(=O)O. The lowest BCUT2D eigenvalue weighted by Gasteiger charge is -2.37. The van der Waals surface area contributed by atoms with Crippen LogP contribution in [0, 0.1) is 0 Å². The van der Waals surface area contributed by atoms with E-state index < -0.39 is 32.3 Å². The van der Waals surface area contributed by atoms with Crippen LogP contribution in [-0.2, 0) is 9.22 Å². The number of carboxylic acid groups (broad SMARTS) is 1. The molecule has 0 aliphatic heterocycles. The van der Waals surface area contributed by atoms with E-state index >= 15 is 0 Å². The molecule has 0 saturated heterocycles. The Balaban J connectivity index is 2.86. The Morgan fingerprint density at radius 1 is 1.23 bits per heavy atom. The summed E-state index contributed by atoms with van der Waals surface area (Å²) in [6, 6.07) is 0.319. The fraction of sp³-hybridized carbons (Fsp3) is 0.579. The van der Waals surface area contributed by atoms with Gasteiger partial charge in [-0.25, -0.2) is 9.78 Å². The van der Waals surface area contributed by atoms with E-state index in [1.165, 1.54) is 12.3 Å². The molecule has 12 heteroatoms. The van der Waals surface area contributed by atoms with Crippen molar-refractivity contribution in [2.24, 2.45) is 0 Å². The highest BCUT2D eigenvalue weighted by molar-refractivity contribution is 6.74. The van der Waals surface area contributed by atoms with Gasteiger partial charge >= 0.3 is 6.09 Å². The number of anilines is 1. The summed E-state index contributed by atoms with van der Waals surface area (Å²) in [6.07, 6.45) is -0.0992. The molecule has 1 aromatic rings. The molecule has 3 amide bonds. The summed E-state index contributed by atoms with van der Waals surface area (Å²) in [4.78, 5) is 40.1. The molecule has 0 spiro atoms. The number of nitrogens with zero attached hydrogens (tertiary/aromatic N) is 1. The smallest absolute Gasteiger partial charge is 0.405 e. The number of halogens is 1. The van der Waals surface area contributed by atoms with E-state index in [1.807, 2.05) is 47.7 Å². The van der Waals surface area contributed by atoms with Crippen molar-refractivity contribution in [2.45, 2.75) is 64.8 Å². The van der Waals surface area contributed by atoms with Crippen LogP contribution in [0.3, 0.4) is 0 Å². The Bertz CT molecular complexity index is 813. The highest BCUT2D eigenvalue weighted by Crippen LogP contribution is 2.36. The summed E-state index contributed by atoms with van der Waals surface area (Å²) in [5, 5.41) is 14.4. The highest BCUT2D eigenvalue weighted by Gasteiger charge is 2.38. The zero-order valence-electron chi connectivity index (χ0n) is 18.9. The molecular formula is C19H32ClN5O5Si. The van der Waals surface area contributed by atoms with Gasteiger partial charge in [0.1, 0.15) is 11.2 Å². The van der Waals surface area contributed by atoms with Crippen LogP contribution in [0.15, 0.2) is 12.3 Å². The lowest BCUT2D eigenvalue weighted by Crippen LogP contribution is -2.55. The van der Waals surface area contributed by atoms with E-state index in [1.54, 1.807) is 0 Å². The van der Waals surface area contributed by atoms with Gasteiger partial charge in [0, 0.05) is 12.2 Å². The molecule has 31 heavy (non-hydrogen) atoms. The molecule has 1 unspecified atom stereocenters. The summed E-state index contributed by atoms with van der Waals surface area (Å²) in [5.41, 5.74) is 5.13. The van der Waals surface area contributed by atoms with Crippen molar-refractivity contribution < 1.29 is 23.9 Å². The van der Waals surface area contributed by atoms with Crippen molar-refractivity contribution in [1.82, 2.24) is 21.2 Å². The number of carbonyl (C=O) groups excluding carboxylic acids is 2. The zero-order valence-corrected chi connectivity index (χ0v) is 20.7. The van der Waals surface area contributed by atoms with Crippen LogP contribution in [0.25, 0.3) is 0 Å². The van der Waals surface area contributed by atoms with Gasteiger partial charge in [-0.1, -0.05) is 32.4 Å². The average Bonchev–Trinajstić information content (AvgIpc) is 2.61. The van der Waals surface area contributed by atoms with Crippen LogP contribution in [-0.4, -0.2) is 55.0 Å². The van der Waals surface area contributed by atoms with Gasteiger partial charge in [0.15, 0.2) is 8.32 Å². The molecule has 5 N–H and O–H groups in total. The second-order valence-electron chi connectivity index (χ2n) is 8.87. The highest BCUT2D eigenvalue weighted by atomic mass is 35.5. The molecule has 1 rings (SSSR count). The van der Waals surface area contributed by atoms with Gasteiger partial charge in [-0.2, -0.15) is 0 Å². The first-order valence-electron chi connectivity index (χ1n) is 9.79. The first-order chi connectivity index (χ1) is 14.1. The third kappa shape index (κ3) is 8.35. The minimum absolute atomic E-state index is 0.0243. The molecule has 0 aromatic carbocycles. The summed E-state index contributed by atoms with van der Waals surface area (Å²) in [7, 11) is -2.22. The van der Waals surface area contributed by atoms with Crippen LogP contribution >= 0.6 is 11.6 Å². The van der Waals surface area contributed by atoms with Crippen molar-refractivity contribution in [1.29, 1.82) is 0 Å². The maximum atomic E-state index is 12.5. The Morgan fingerprint density at radius 3 is 2.35 bits per heavy atom. The first kappa shape index (κ1) is 26.7. The van der Waals surface area contributed by atoms with Crippen molar-refractivity contribution >= 4 is 43.5 Å². The number of amides is 3. The monoisotopic (exact) mass is 473 g/mol. The Labute approximate surface area is 188 Å². The molecule has 10 nitrogen and oxygen atoms in total. The maximum absolute atomic E-state index is 12.5. The quantitative estimate of drug-likeness (QED) is 0.222. The predicted octanol–water partition coefficient (Wildman–Crippen LogP) is 2.97. The number of rotatable bonds is 8. The Hall–Kier alpha value is -2.37. The molecule has 1 atom stereocenters. The number of carbonyl (C=O) groups is 3. The molecular weight excluding hydrogens is 442 g/mol. The van der Waals surface area contributed by atoms with Gasteiger partial charge in [-0.15, -0.1) is 0 Å². The van der Waals surface area contributed by atoms with E-state index in [9.17, 15) is 14.4 Å². The van der Waals surface area contributed by atoms with Gasteiger partial charge in [-0.05, 0) is 38.0 Å². The average molecular weight is 474 g/mol. The number of hydrogen-bond acceptors (Lipinski definition) is 6. The fourth-order valence-corrected chi connectivity index (χ4v) is 3.33. The third-order valence-electron chi connectivity index (χ3n) is 4.89. The van der Waals surface area contributed by atoms with E-state index in [2.05, 4.69) is 26.5 Å². The topological polar surface area (TPSA) is 142 Å². The summed E-state index contributed by atoms with van der Waals surface area (Å²) < 4.78 is 5.95. The van der Waals surface area contributed by atoms with Crippen LogP contribution in [0.1, 0.15) is 45.0 Å². The Kier molecular flexibility index (Phi) is 9.27. The van der Waals surface area contributed by atoms with Gasteiger partial charge in [0.25, 0.3) is 11.8 Å². The molecule has 0 aliphatic carbocycles. The van der Waals surface area contributed by atoms with Crippen LogP contribution in [0.2, 0.25) is 23.3 Å². The second-order valence-corrected chi connectivity index (χ2v) is 14.1. The largest absolute Gasteiger partial charge is 0.465 e. The van der Waals surface area contributed by atoms with Crippen molar-refractivity contribution in [2.75, 3.05) is 11.9 Å². The summed E-state index contributed by atoms with van der Waals surface area (Å²) in [6.45, 7) is 13.7. The maximum Gasteiger partial charge on any atom is 0.405 e. The van der Waals surface area contributed by atoms with Crippen LogP contribution < -0.4 is 21.5 Å². The van der Waals surface area contributed by atoms with Crippen molar-refractivity contribution in [3.8, 4) is 0 Å². The number of hydrogen-bond donors (Lipinski definition) is 5. The number of pyridine rings is 1. The summed E-state index contributed by atoms with van der Waals surface area (Å²) >= 11 is 5.90. The predicted molar refractivity (Wildman–Crippen MR) is 122 cm³/mol. The second kappa shape index (κ2) is 10.8.